The number of aryl methyl sites for hydroxylation is 2. The highest BCUT2D eigenvalue weighted by atomic mass is 127. The number of halogens is 1. The Hall–Kier alpha value is -1.23. The molecular formula is C18H22INO. The van der Waals surface area contributed by atoms with Crippen molar-refractivity contribution in [3.63, 3.8) is 0 Å². The van der Waals surface area contributed by atoms with E-state index < -0.39 is 0 Å². The van der Waals surface area contributed by atoms with Crippen LogP contribution in [0.2, 0.25) is 0 Å². The van der Waals surface area contributed by atoms with Crippen molar-refractivity contribution in [3.05, 3.63) is 57.2 Å². The zero-order valence-corrected chi connectivity index (χ0v) is 15.0. The second kappa shape index (κ2) is 7.69. The zero-order valence-electron chi connectivity index (χ0n) is 12.8. The van der Waals surface area contributed by atoms with E-state index in [1.807, 2.05) is 12.1 Å². The molecule has 0 spiro atoms. The summed E-state index contributed by atoms with van der Waals surface area (Å²) in [6, 6.07) is 15.3. The van der Waals surface area contributed by atoms with Crippen LogP contribution in [-0.4, -0.2) is 13.2 Å². The molecule has 0 aliphatic carbocycles. The van der Waals surface area contributed by atoms with Crippen molar-refractivity contribution in [3.8, 4) is 5.75 Å². The quantitative estimate of drug-likeness (QED) is 0.692. The molecule has 2 nitrogen and oxygen atoms in total. The maximum atomic E-state index is 5.18. The van der Waals surface area contributed by atoms with Gasteiger partial charge in [-0.15, -0.1) is 0 Å². The Morgan fingerprint density at radius 1 is 1.14 bits per heavy atom. The van der Waals surface area contributed by atoms with Gasteiger partial charge in [0.25, 0.3) is 0 Å². The zero-order chi connectivity index (χ0) is 15.2. The molecular weight excluding hydrogens is 373 g/mol. The Kier molecular flexibility index (Phi) is 5.91. The van der Waals surface area contributed by atoms with Gasteiger partial charge < -0.3 is 10.1 Å². The third-order valence-electron chi connectivity index (χ3n) is 3.62. The first-order valence-electron chi connectivity index (χ1n) is 7.24. The van der Waals surface area contributed by atoms with E-state index >= 15 is 0 Å². The Morgan fingerprint density at radius 3 is 2.48 bits per heavy atom. The van der Waals surface area contributed by atoms with Crippen LogP contribution in [0.3, 0.4) is 0 Å². The lowest BCUT2D eigenvalue weighted by Gasteiger charge is -2.17. The molecule has 0 heterocycles. The van der Waals surface area contributed by atoms with Gasteiger partial charge in [-0.25, -0.2) is 0 Å². The van der Waals surface area contributed by atoms with E-state index in [1.165, 1.54) is 20.4 Å². The molecule has 0 saturated carbocycles. The molecule has 2 aromatic rings. The van der Waals surface area contributed by atoms with Crippen LogP contribution in [0.15, 0.2) is 42.5 Å². The van der Waals surface area contributed by atoms with E-state index in [4.69, 9.17) is 4.74 Å². The highest BCUT2D eigenvalue weighted by Crippen LogP contribution is 2.20. The van der Waals surface area contributed by atoms with Crippen LogP contribution in [0, 0.1) is 10.5 Å². The van der Waals surface area contributed by atoms with Gasteiger partial charge in [-0.1, -0.05) is 12.1 Å². The van der Waals surface area contributed by atoms with Gasteiger partial charge in [0.2, 0.25) is 0 Å². The summed E-state index contributed by atoms with van der Waals surface area (Å²) in [6.07, 6.45) is 2.18. The van der Waals surface area contributed by atoms with Crippen molar-refractivity contribution in [1.82, 2.24) is 0 Å². The molecule has 0 aliphatic heterocycles. The number of rotatable bonds is 6. The first-order valence-corrected chi connectivity index (χ1v) is 8.32. The molecule has 0 bridgehead atoms. The molecule has 0 saturated heterocycles. The Labute approximate surface area is 141 Å². The van der Waals surface area contributed by atoms with E-state index in [2.05, 4.69) is 72.1 Å². The third-order valence-corrected chi connectivity index (χ3v) is 4.29. The van der Waals surface area contributed by atoms with Crippen LogP contribution in [0.1, 0.15) is 24.5 Å². The lowest BCUT2D eigenvalue weighted by molar-refractivity contribution is 0.414. The Balaban J connectivity index is 1.87. The van der Waals surface area contributed by atoms with Crippen LogP contribution in [0.25, 0.3) is 0 Å². The summed E-state index contributed by atoms with van der Waals surface area (Å²) in [4.78, 5) is 0. The maximum absolute atomic E-state index is 5.18. The summed E-state index contributed by atoms with van der Waals surface area (Å²) < 4.78 is 6.46. The van der Waals surface area contributed by atoms with Gasteiger partial charge in [-0.3, -0.25) is 0 Å². The molecule has 21 heavy (non-hydrogen) atoms. The average molecular weight is 395 g/mol. The monoisotopic (exact) mass is 395 g/mol. The Bertz CT molecular complexity index is 580. The van der Waals surface area contributed by atoms with Crippen molar-refractivity contribution >= 4 is 28.3 Å². The van der Waals surface area contributed by atoms with Gasteiger partial charge in [-0.05, 0) is 90.7 Å². The lowest BCUT2D eigenvalue weighted by atomic mass is 10.1. The molecule has 2 rings (SSSR count). The lowest BCUT2D eigenvalue weighted by Crippen LogP contribution is -2.16. The smallest absolute Gasteiger partial charge is 0.118 e. The van der Waals surface area contributed by atoms with Crippen molar-refractivity contribution in [1.29, 1.82) is 0 Å². The largest absolute Gasteiger partial charge is 0.497 e. The van der Waals surface area contributed by atoms with Gasteiger partial charge in [0.15, 0.2) is 0 Å². The fourth-order valence-electron chi connectivity index (χ4n) is 2.30. The van der Waals surface area contributed by atoms with Crippen LogP contribution >= 0.6 is 22.6 Å². The standard InChI is InChI=1S/C18H22INO/c1-13-12-16(19)8-11-18(13)20-14(2)4-5-15-6-9-17(21-3)10-7-15/h6-12,14,20H,4-5H2,1-3H3. The van der Waals surface area contributed by atoms with E-state index in [-0.39, 0.29) is 0 Å². The molecule has 0 radical (unpaired) electrons. The topological polar surface area (TPSA) is 21.3 Å². The van der Waals surface area contributed by atoms with Gasteiger partial charge in [0.1, 0.15) is 5.75 Å². The molecule has 0 aliphatic rings. The fraction of sp³-hybridized carbons (Fsp3) is 0.333. The van der Waals surface area contributed by atoms with Crippen LogP contribution < -0.4 is 10.1 Å². The van der Waals surface area contributed by atoms with Crippen LogP contribution in [-0.2, 0) is 6.42 Å². The summed E-state index contributed by atoms with van der Waals surface area (Å²) in [6.45, 7) is 4.39. The summed E-state index contributed by atoms with van der Waals surface area (Å²) in [5.41, 5.74) is 3.89. The molecule has 3 heteroatoms. The van der Waals surface area contributed by atoms with Gasteiger partial charge in [-0.2, -0.15) is 0 Å². The molecule has 1 atom stereocenters. The second-order valence-corrected chi connectivity index (χ2v) is 6.64. The highest BCUT2D eigenvalue weighted by Gasteiger charge is 2.05. The first-order chi connectivity index (χ1) is 10.1. The minimum atomic E-state index is 0.450. The number of methoxy groups -OCH3 is 1. The van der Waals surface area contributed by atoms with Crippen molar-refractivity contribution in [2.45, 2.75) is 32.7 Å². The number of ether oxygens (including phenoxy) is 1. The summed E-state index contributed by atoms with van der Waals surface area (Å²) >= 11 is 2.35. The van der Waals surface area contributed by atoms with Gasteiger partial charge >= 0.3 is 0 Å². The molecule has 0 amide bonds. The van der Waals surface area contributed by atoms with E-state index in [0.29, 0.717) is 6.04 Å². The molecule has 0 fully saturated rings. The van der Waals surface area contributed by atoms with Gasteiger partial charge in [0, 0.05) is 15.3 Å². The van der Waals surface area contributed by atoms with Crippen LogP contribution in [0.4, 0.5) is 5.69 Å². The van der Waals surface area contributed by atoms with E-state index in [9.17, 15) is 0 Å². The summed E-state index contributed by atoms with van der Waals surface area (Å²) in [5, 5.41) is 3.60. The number of hydrogen-bond acceptors (Lipinski definition) is 2. The predicted octanol–water partition coefficient (Wildman–Crippen LogP) is 5.04. The Morgan fingerprint density at radius 2 is 1.86 bits per heavy atom. The fourth-order valence-corrected chi connectivity index (χ4v) is 2.95. The molecule has 1 N–H and O–H groups in total. The summed E-state index contributed by atoms with van der Waals surface area (Å²) in [7, 11) is 1.70. The number of nitrogens with one attached hydrogen (secondary N) is 1. The van der Waals surface area contributed by atoms with Crippen LogP contribution in [0.5, 0.6) is 5.75 Å². The summed E-state index contributed by atoms with van der Waals surface area (Å²) in [5.74, 6) is 0.916. The van der Waals surface area contributed by atoms with E-state index in [0.717, 1.165) is 18.6 Å². The molecule has 112 valence electrons. The van der Waals surface area contributed by atoms with Crippen molar-refractivity contribution in [2.24, 2.45) is 0 Å². The number of benzene rings is 2. The average Bonchev–Trinajstić information content (AvgIpc) is 2.48. The SMILES string of the molecule is COc1ccc(CCC(C)Nc2ccc(I)cc2C)cc1. The molecule has 1 unspecified atom stereocenters. The maximum Gasteiger partial charge on any atom is 0.118 e. The minimum absolute atomic E-state index is 0.450. The minimum Gasteiger partial charge on any atom is -0.497 e. The van der Waals surface area contributed by atoms with Crippen molar-refractivity contribution in [2.75, 3.05) is 12.4 Å². The number of anilines is 1. The normalized spacial score (nSPS) is 12.0. The second-order valence-electron chi connectivity index (χ2n) is 5.39. The number of hydrogen-bond donors (Lipinski definition) is 1. The third kappa shape index (κ3) is 4.92. The molecule has 2 aromatic carbocycles. The predicted molar refractivity (Wildman–Crippen MR) is 98.3 cm³/mol. The van der Waals surface area contributed by atoms with Gasteiger partial charge in [0.05, 0.1) is 7.11 Å². The molecule has 0 aromatic heterocycles. The van der Waals surface area contributed by atoms with Crippen molar-refractivity contribution < 1.29 is 4.74 Å². The highest BCUT2D eigenvalue weighted by molar-refractivity contribution is 14.1. The first kappa shape index (κ1) is 16.1. The van der Waals surface area contributed by atoms with E-state index in [1.54, 1.807) is 7.11 Å².